The van der Waals surface area contributed by atoms with Gasteiger partial charge in [0, 0.05) is 19.7 Å². The molecule has 0 heterocycles. The van der Waals surface area contributed by atoms with E-state index in [4.69, 9.17) is 9.47 Å². The second kappa shape index (κ2) is 10.4. The third kappa shape index (κ3) is 7.61. The van der Waals surface area contributed by atoms with E-state index in [1.165, 1.54) is 0 Å². The van der Waals surface area contributed by atoms with Crippen molar-refractivity contribution in [3.8, 4) is 5.75 Å². The summed E-state index contributed by atoms with van der Waals surface area (Å²) in [6.07, 6.45) is -4.65. The molecule has 128 valence electrons. The molecule has 22 heavy (non-hydrogen) atoms. The van der Waals surface area contributed by atoms with Gasteiger partial charge in [0.1, 0.15) is 23.7 Å². The van der Waals surface area contributed by atoms with E-state index < -0.39 is 17.6 Å². The summed E-state index contributed by atoms with van der Waals surface area (Å²) in [6.45, 7) is 6.87. The van der Waals surface area contributed by atoms with Crippen LogP contribution in [0.4, 0.5) is 17.6 Å². The largest absolute Gasteiger partial charge is 0.491 e. The van der Waals surface area contributed by atoms with Gasteiger partial charge < -0.3 is 14.8 Å². The Kier molecular flexibility index (Phi) is 9.76. The molecule has 1 N–H and O–H groups in total. The van der Waals surface area contributed by atoms with Gasteiger partial charge in [0.05, 0.1) is 6.61 Å². The van der Waals surface area contributed by atoms with Crippen molar-refractivity contribution < 1.29 is 27.0 Å². The van der Waals surface area contributed by atoms with E-state index in [1.807, 2.05) is 13.8 Å². The minimum absolute atomic E-state index is 0.0401. The topological polar surface area (TPSA) is 30.5 Å². The predicted octanol–water partition coefficient (Wildman–Crippen LogP) is 3.87. The SMILES string of the molecule is CC.COCCNC(C)COc1ccc(F)cc1C(F)(F)F. The zero-order valence-electron chi connectivity index (χ0n) is 13.3. The lowest BCUT2D eigenvalue weighted by Crippen LogP contribution is -2.34. The zero-order valence-corrected chi connectivity index (χ0v) is 13.3. The van der Waals surface area contributed by atoms with Crippen LogP contribution in [-0.4, -0.2) is 32.9 Å². The average molecular weight is 325 g/mol. The van der Waals surface area contributed by atoms with Gasteiger partial charge in [-0.2, -0.15) is 13.2 Å². The number of hydrogen-bond donors (Lipinski definition) is 1. The highest BCUT2D eigenvalue weighted by molar-refractivity contribution is 5.36. The van der Waals surface area contributed by atoms with Gasteiger partial charge >= 0.3 is 6.18 Å². The van der Waals surface area contributed by atoms with Gasteiger partial charge in [0.25, 0.3) is 0 Å². The standard InChI is InChI=1S/C13H17F4NO2.C2H6/c1-9(18-5-6-19-2)8-20-12-4-3-10(14)7-11(12)13(15,16)17;1-2/h3-4,7,9,18H,5-6,8H2,1-2H3;1-2H3. The number of halogens is 4. The van der Waals surface area contributed by atoms with Gasteiger partial charge in [-0.15, -0.1) is 0 Å². The van der Waals surface area contributed by atoms with Crippen molar-refractivity contribution in [2.45, 2.75) is 33.0 Å². The smallest absolute Gasteiger partial charge is 0.420 e. The second-order valence-corrected chi connectivity index (χ2v) is 4.30. The Balaban J connectivity index is 0.00000211. The molecule has 0 saturated carbocycles. The summed E-state index contributed by atoms with van der Waals surface area (Å²) >= 11 is 0. The summed E-state index contributed by atoms with van der Waals surface area (Å²) in [5.74, 6) is -1.32. The summed E-state index contributed by atoms with van der Waals surface area (Å²) in [6, 6.07) is 2.20. The van der Waals surface area contributed by atoms with Crippen LogP contribution in [0.3, 0.4) is 0 Å². The van der Waals surface area contributed by atoms with E-state index in [9.17, 15) is 17.6 Å². The van der Waals surface area contributed by atoms with Crippen molar-refractivity contribution in [2.24, 2.45) is 0 Å². The first-order chi connectivity index (χ1) is 10.3. The lowest BCUT2D eigenvalue weighted by molar-refractivity contribution is -0.139. The predicted molar refractivity (Wildman–Crippen MR) is 77.6 cm³/mol. The van der Waals surface area contributed by atoms with Crippen molar-refractivity contribution in [2.75, 3.05) is 26.9 Å². The van der Waals surface area contributed by atoms with E-state index in [-0.39, 0.29) is 18.4 Å². The molecule has 0 spiro atoms. The average Bonchev–Trinajstić information content (AvgIpc) is 2.47. The van der Waals surface area contributed by atoms with Crippen molar-refractivity contribution in [1.82, 2.24) is 5.32 Å². The summed E-state index contributed by atoms with van der Waals surface area (Å²) in [5, 5.41) is 3.02. The summed E-state index contributed by atoms with van der Waals surface area (Å²) in [4.78, 5) is 0. The molecule has 0 aliphatic heterocycles. The molecular weight excluding hydrogens is 302 g/mol. The fraction of sp³-hybridized carbons (Fsp3) is 0.600. The number of methoxy groups -OCH3 is 1. The Hall–Kier alpha value is -1.34. The molecule has 0 bridgehead atoms. The zero-order chi connectivity index (χ0) is 17.2. The number of rotatable bonds is 7. The van der Waals surface area contributed by atoms with Crippen molar-refractivity contribution in [1.29, 1.82) is 0 Å². The molecule has 1 aromatic rings. The van der Waals surface area contributed by atoms with Gasteiger partial charge in [0.15, 0.2) is 0 Å². The van der Waals surface area contributed by atoms with Gasteiger partial charge in [-0.05, 0) is 25.1 Å². The molecule has 0 saturated heterocycles. The molecule has 1 rings (SSSR count). The lowest BCUT2D eigenvalue weighted by Gasteiger charge is -2.17. The maximum Gasteiger partial charge on any atom is 0.420 e. The highest BCUT2D eigenvalue weighted by Crippen LogP contribution is 2.36. The van der Waals surface area contributed by atoms with Crippen molar-refractivity contribution in [3.63, 3.8) is 0 Å². The second-order valence-electron chi connectivity index (χ2n) is 4.30. The molecule has 0 aliphatic carbocycles. The molecule has 1 atom stereocenters. The van der Waals surface area contributed by atoms with Crippen LogP contribution in [0.2, 0.25) is 0 Å². The van der Waals surface area contributed by atoms with Crippen LogP contribution in [0.25, 0.3) is 0 Å². The van der Waals surface area contributed by atoms with Crippen molar-refractivity contribution >= 4 is 0 Å². The molecule has 1 aromatic carbocycles. The number of nitrogens with one attached hydrogen (secondary N) is 1. The van der Waals surface area contributed by atoms with E-state index in [2.05, 4.69) is 5.32 Å². The molecular formula is C15H23F4NO2. The Bertz CT molecular complexity index is 424. The Morgan fingerprint density at radius 1 is 1.23 bits per heavy atom. The van der Waals surface area contributed by atoms with Gasteiger partial charge in [-0.25, -0.2) is 4.39 Å². The van der Waals surface area contributed by atoms with E-state index in [1.54, 1.807) is 14.0 Å². The highest BCUT2D eigenvalue weighted by Gasteiger charge is 2.34. The van der Waals surface area contributed by atoms with Crippen LogP contribution in [-0.2, 0) is 10.9 Å². The third-order valence-electron chi connectivity index (χ3n) is 2.53. The van der Waals surface area contributed by atoms with Crippen LogP contribution >= 0.6 is 0 Å². The first-order valence-corrected chi connectivity index (χ1v) is 7.06. The monoisotopic (exact) mass is 325 g/mol. The number of alkyl halides is 3. The van der Waals surface area contributed by atoms with Crippen LogP contribution in [0.15, 0.2) is 18.2 Å². The Morgan fingerprint density at radius 3 is 2.41 bits per heavy atom. The van der Waals surface area contributed by atoms with Crippen LogP contribution in [0.5, 0.6) is 5.75 Å². The first kappa shape index (κ1) is 20.7. The maximum atomic E-state index is 12.9. The van der Waals surface area contributed by atoms with E-state index >= 15 is 0 Å². The molecule has 0 fully saturated rings. The molecule has 0 aliphatic rings. The van der Waals surface area contributed by atoms with E-state index in [0.29, 0.717) is 19.2 Å². The highest BCUT2D eigenvalue weighted by atomic mass is 19.4. The first-order valence-electron chi connectivity index (χ1n) is 7.06. The van der Waals surface area contributed by atoms with Crippen LogP contribution < -0.4 is 10.1 Å². The fourth-order valence-corrected chi connectivity index (χ4v) is 1.53. The summed E-state index contributed by atoms with van der Waals surface area (Å²) in [7, 11) is 1.55. The number of benzene rings is 1. The third-order valence-corrected chi connectivity index (χ3v) is 2.53. The summed E-state index contributed by atoms with van der Waals surface area (Å²) < 4.78 is 61.0. The van der Waals surface area contributed by atoms with E-state index in [0.717, 1.165) is 12.1 Å². The molecule has 0 radical (unpaired) electrons. The molecule has 3 nitrogen and oxygen atoms in total. The van der Waals surface area contributed by atoms with Crippen LogP contribution in [0, 0.1) is 5.82 Å². The quantitative estimate of drug-likeness (QED) is 0.610. The number of hydrogen-bond acceptors (Lipinski definition) is 3. The van der Waals surface area contributed by atoms with Gasteiger partial charge in [0.2, 0.25) is 0 Å². The van der Waals surface area contributed by atoms with Gasteiger partial charge in [-0.1, -0.05) is 13.8 Å². The minimum Gasteiger partial charge on any atom is -0.491 e. The molecule has 1 unspecified atom stereocenters. The molecule has 0 amide bonds. The summed E-state index contributed by atoms with van der Waals surface area (Å²) in [5.41, 5.74) is -1.11. The minimum atomic E-state index is -4.65. The van der Waals surface area contributed by atoms with Crippen LogP contribution in [0.1, 0.15) is 26.3 Å². The van der Waals surface area contributed by atoms with Crippen molar-refractivity contribution in [3.05, 3.63) is 29.6 Å². The Morgan fingerprint density at radius 2 is 1.86 bits per heavy atom. The normalized spacial score (nSPS) is 12.4. The maximum absolute atomic E-state index is 12.9. The fourth-order valence-electron chi connectivity index (χ4n) is 1.53. The number of ether oxygens (including phenoxy) is 2. The van der Waals surface area contributed by atoms with Gasteiger partial charge in [-0.3, -0.25) is 0 Å². The lowest BCUT2D eigenvalue weighted by atomic mass is 10.2. The molecule has 0 aromatic heterocycles. The Labute approximate surface area is 128 Å². The molecule has 7 heteroatoms.